The maximum absolute atomic E-state index is 5.63. The van der Waals surface area contributed by atoms with E-state index < -0.39 is 0 Å². The number of hydrogen-bond acceptors (Lipinski definition) is 4. The number of hydrazine groups is 1. The molecule has 0 spiro atoms. The minimum atomic E-state index is 0.0243. The van der Waals surface area contributed by atoms with Crippen molar-refractivity contribution >= 4 is 0 Å². The van der Waals surface area contributed by atoms with Gasteiger partial charge >= 0.3 is 0 Å². The molecule has 3 N–H and O–H groups in total. The fourth-order valence-electron chi connectivity index (χ4n) is 1.72. The highest BCUT2D eigenvalue weighted by atomic mass is 16.5. The summed E-state index contributed by atoms with van der Waals surface area (Å²) >= 11 is 0. The van der Waals surface area contributed by atoms with Crippen LogP contribution in [0.2, 0.25) is 0 Å². The van der Waals surface area contributed by atoms with E-state index in [1.54, 1.807) is 0 Å². The highest BCUT2D eigenvalue weighted by Crippen LogP contribution is 2.18. The van der Waals surface area contributed by atoms with Crippen molar-refractivity contribution in [1.82, 2.24) is 5.43 Å². The molecule has 0 aromatic heterocycles. The van der Waals surface area contributed by atoms with Crippen LogP contribution >= 0.6 is 0 Å². The lowest BCUT2D eigenvalue weighted by Gasteiger charge is -2.17. The van der Waals surface area contributed by atoms with E-state index in [0.717, 1.165) is 43.8 Å². The van der Waals surface area contributed by atoms with Crippen molar-refractivity contribution in [2.24, 2.45) is 5.84 Å². The molecule has 0 saturated heterocycles. The molecule has 0 fully saturated rings. The van der Waals surface area contributed by atoms with E-state index in [0.29, 0.717) is 6.61 Å². The SMILES string of the molecule is CCCCOc1ccc(C(COCCC)NN)cc1. The standard InChI is InChI=1S/C15H26N2O2/c1-3-5-11-19-14-8-6-13(7-9-14)15(17-16)12-18-10-4-2/h6-9,15,17H,3-5,10-12,16H2,1-2H3. The summed E-state index contributed by atoms with van der Waals surface area (Å²) in [7, 11) is 0. The van der Waals surface area contributed by atoms with Crippen LogP contribution in [0.25, 0.3) is 0 Å². The Hall–Kier alpha value is -1.10. The lowest BCUT2D eigenvalue weighted by Crippen LogP contribution is -2.31. The molecule has 0 amide bonds. The highest BCUT2D eigenvalue weighted by molar-refractivity contribution is 5.29. The third kappa shape index (κ3) is 6.05. The Kier molecular flexibility index (Phi) is 8.21. The predicted molar refractivity (Wildman–Crippen MR) is 78.0 cm³/mol. The summed E-state index contributed by atoms with van der Waals surface area (Å²) < 4.78 is 11.2. The Balaban J connectivity index is 2.47. The number of ether oxygens (including phenoxy) is 2. The molecule has 1 atom stereocenters. The smallest absolute Gasteiger partial charge is 0.119 e. The zero-order valence-corrected chi connectivity index (χ0v) is 12.0. The monoisotopic (exact) mass is 266 g/mol. The number of benzene rings is 1. The predicted octanol–water partition coefficient (Wildman–Crippen LogP) is 2.80. The maximum Gasteiger partial charge on any atom is 0.119 e. The van der Waals surface area contributed by atoms with E-state index in [1.165, 1.54) is 0 Å². The minimum Gasteiger partial charge on any atom is -0.494 e. The number of nitrogens with one attached hydrogen (secondary N) is 1. The van der Waals surface area contributed by atoms with Crippen molar-refractivity contribution < 1.29 is 9.47 Å². The van der Waals surface area contributed by atoms with Crippen molar-refractivity contribution in [3.05, 3.63) is 29.8 Å². The van der Waals surface area contributed by atoms with Crippen LogP contribution in [0.4, 0.5) is 0 Å². The molecule has 0 bridgehead atoms. The fraction of sp³-hybridized carbons (Fsp3) is 0.600. The molecule has 1 unspecified atom stereocenters. The van der Waals surface area contributed by atoms with Gasteiger partial charge in [0.1, 0.15) is 5.75 Å². The van der Waals surface area contributed by atoms with Crippen molar-refractivity contribution in [3.63, 3.8) is 0 Å². The average Bonchev–Trinajstić information content (AvgIpc) is 2.45. The summed E-state index contributed by atoms with van der Waals surface area (Å²) in [6, 6.07) is 8.04. The Bertz CT molecular complexity index is 327. The zero-order chi connectivity index (χ0) is 13.9. The van der Waals surface area contributed by atoms with Gasteiger partial charge in [-0.25, -0.2) is 0 Å². The molecule has 0 aliphatic rings. The molecule has 108 valence electrons. The van der Waals surface area contributed by atoms with E-state index in [1.807, 2.05) is 24.3 Å². The number of hydrogen-bond donors (Lipinski definition) is 2. The van der Waals surface area contributed by atoms with Gasteiger partial charge in [-0.05, 0) is 30.5 Å². The number of nitrogens with two attached hydrogens (primary N) is 1. The third-order valence-electron chi connectivity index (χ3n) is 2.88. The Labute approximate surface area is 116 Å². The number of rotatable bonds is 10. The summed E-state index contributed by atoms with van der Waals surface area (Å²) in [5.74, 6) is 6.47. The first-order valence-electron chi connectivity index (χ1n) is 7.08. The van der Waals surface area contributed by atoms with Crippen LogP contribution in [-0.4, -0.2) is 19.8 Å². The quantitative estimate of drug-likeness (QED) is 0.388. The van der Waals surface area contributed by atoms with Crippen LogP contribution in [0.3, 0.4) is 0 Å². The first-order chi connectivity index (χ1) is 9.31. The molecular formula is C15H26N2O2. The van der Waals surface area contributed by atoms with Crippen LogP contribution in [-0.2, 0) is 4.74 Å². The van der Waals surface area contributed by atoms with Gasteiger partial charge in [0.15, 0.2) is 0 Å². The fourth-order valence-corrected chi connectivity index (χ4v) is 1.72. The van der Waals surface area contributed by atoms with Crippen LogP contribution in [0.5, 0.6) is 5.75 Å². The lowest BCUT2D eigenvalue weighted by molar-refractivity contribution is 0.112. The van der Waals surface area contributed by atoms with E-state index >= 15 is 0 Å². The lowest BCUT2D eigenvalue weighted by atomic mass is 10.1. The van der Waals surface area contributed by atoms with E-state index in [-0.39, 0.29) is 6.04 Å². The van der Waals surface area contributed by atoms with E-state index in [4.69, 9.17) is 15.3 Å². The summed E-state index contributed by atoms with van der Waals surface area (Å²) in [5.41, 5.74) is 3.90. The molecule has 1 aromatic rings. The summed E-state index contributed by atoms with van der Waals surface area (Å²) in [5, 5.41) is 0. The van der Waals surface area contributed by atoms with Crippen molar-refractivity contribution in [3.8, 4) is 5.75 Å². The van der Waals surface area contributed by atoms with Gasteiger partial charge in [0, 0.05) is 6.61 Å². The van der Waals surface area contributed by atoms with Crippen LogP contribution in [0, 0.1) is 0 Å². The van der Waals surface area contributed by atoms with Crippen LogP contribution in [0.1, 0.15) is 44.7 Å². The van der Waals surface area contributed by atoms with Crippen LogP contribution in [0.15, 0.2) is 24.3 Å². The molecule has 0 aliphatic heterocycles. The Morgan fingerprint density at radius 3 is 2.42 bits per heavy atom. The van der Waals surface area contributed by atoms with Gasteiger partial charge in [0.25, 0.3) is 0 Å². The van der Waals surface area contributed by atoms with Gasteiger partial charge in [-0.1, -0.05) is 32.4 Å². The summed E-state index contributed by atoms with van der Waals surface area (Å²) in [6.07, 6.45) is 3.24. The molecule has 0 saturated carbocycles. The van der Waals surface area contributed by atoms with Gasteiger partial charge in [0.05, 0.1) is 19.3 Å². The normalized spacial score (nSPS) is 12.4. The first kappa shape index (κ1) is 16.0. The van der Waals surface area contributed by atoms with Gasteiger partial charge in [-0.2, -0.15) is 0 Å². The molecule has 4 nitrogen and oxygen atoms in total. The van der Waals surface area contributed by atoms with E-state index in [9.17, 15) is 0 Å². The van der Waals surface area contributed by atoms with Crippen molar-refractivity contribution in [2.75, 3.05) is 19.8 Å². The second-order valence-electron chi connectivity index (χ2n) is 4.57. The summed E-state index contributed by atoms with van der Waals surface area (Å²) in [6.45, 7) is 6.36. The van der Waals surface area contributed by atoms with Crippen molar-refractivity contribution in [2.45, 2.75) is 39.2 Å². The molecule has 4 heteroatoms. The van der Waals surface area contributed by atoms with Crippen molar-refractivity contribution in [1.29, 1.82) is 0 Å². The largest absolute Gasteiger partial charge is 0.494 e. The molecule has 0 aliphatic carbocycles. The molecular weight excluding hydrogens is 240 g/mol. The third-order valence-corrected chi connectivity index (χ3v) is 2.88. The Morgan fingerprint density at radius 2 is 1.84 bits per heavy atom. The minimum absolute atomic E-state index is 0.0243. The molecule has 1 rings (SSSR count). The second kappa shape index (κ2) is 9.78. The Morgan fingerprint density at radius 1 is 1.11 bits per heavy atom. The van der Waals surface area contributed by atoms with Gasteiger partial charge in [-0.3, -0.25) is 11.3 Å². The molecule has 0 heterocycles. The molecule has 0 radical (unpaired) electrons. The summed E-state index contributed by atoms with van der Waals surface area (Å²) in [4.78, 5) is 0. The van der Waals surface area contributed by atoms with Gasteiger partial charge < -0.3 is 9.47 Å². The van der Waals surface area contributed by atoms with Gasteiger partial charge in [0.2, 0.25) is 0 Å². The topological polar surface area (TPSA) is 56.5 Å². The highest BCUT2D eigenvalue weighted by Gasteiger charge is 2.09. The molecule has 1 aromatic carbocycles. The van der Waals surface area contributed by atoms with E-state index in [2.05, 4.69) is 19.3 Å². The molecule has 19 heavy (non-hydrogen) atoms. The average molecular weight is 266 g/mol. The first-order valence-corrected chi connectivity index (χ1v) is 7.08. The van der Waals surface area contributed by atoms with Gasteiger partial charge in [-0.15, -0.1) is 0 Å². The number of unbranched alkanes of at least 4 members (excludes halogenated alkanes) is 1. The maximum atomic E-state index is 5.63. The zero-order valence-electron chi connectivity index (χ0n) is 12.0. The second-order valence-corrected chi connectivity index (χ2v) is 4.57. The van der Waals surface area contributed by atoms with Crippen LogP contribution < -0.4 is 16.0 Å².